The van der Waals surface area contributed by atoms with E-state index in [0.717, 1.165) is 5.69 Å². The van der Waals surface area contributed by atoms with Gasteiger partial charge in [0.05, 0.1) is 5.69 Å². The van der Waals surface area contributed by atoms with Crippen LogP contribution in [0, 0.1) is 6.92 Å². The van der Waals surface area contributed by atoms with Gasteiger partial charge in [-0.25, -0.2) is 0 Å². The molecule has 96 valence electrons. The van der Waals surface area contributed by atoms with Crippen molar-refractivity contribution in [3.05, 3.63) is 60.4 Å². The molecule has 1 aromatic carbocycles. The highest BCUT2D eigenvalue weighted by atomic mass is 32.2. The molecule has 0 saturated carbocycles. The van der Waals surface area contributed by atoms with E-state index >= 15 is 0 Å². The van der Waals surface area contributed by atoms with Crippen molar-refractivity contribution in [2.24, 2.45) is 0 Å². The molecule has 6 heteroatoms. The summed E-state index contributed by atoms with van der Waals surface area (Å²) >= 11 is 0. The van der Waals surface area contributed by atoms with Crippen LogP contribution in [-0.2, 0) is 10.3 Å². The van der Waals surface area contributed by atoms with Crippen LogP contribution in [0.25, 0.3) is 0 Å². The average Bonchev–Trinajstić information content (AvgIpc) is 2.30. The quantitative estimate of drug-likeness (QED) is 0.817. The Kier molecular flexibility index (Phi) is 5.29. The number of aromatic nitrogens is 1. The fourth-order valence-corrected chi connectivity index (χ4v) is 1.54. The minimum atomic E-state index is -4.13. The molecule has 0 bridgehead atoms. The Morgan fingerprint density at radius 3 is 2.06 bits per heavy atom. The zero-order valence-electron chi connectivity index (χ0n) is 9.82. The van der Waals surface area contributed by atoms with Crippen LogP contribution in [0.1, 0.15) is 5.69 Å². The topological polar surface area (TPSA) is 79.3 Å². The van der Waals surface area contributed by atoms with Crippen molar-refractivity contribution in [2.45, 2.75) is 6.92 Å². The maximum Gasteiger partial charge on any atom is 0.357 e. The van der Waals surface area contributed by atoms with Crippen LogP contribution in [0.5, 0.6) is 0 Å². The first kappa shape index (κ1) is 14.1. The summed E-state index contributed by atoms with van der Waals surface area (Å²) in [4.78, 5) is 3.98. The maximum absolute atomic E-state index is 10.2. The van der Waals surface area contributed by atoms with Crippen molar-refractivity contribution in [2.75, 3.05) is 4.72 Å². The van der Waals surface area contributed by atoms with Gasteiger partial charge in [0.2, 0.25) is 0 Å². The SMILES string of the molecule is Cc1ccccn1.O=S(=O)(O)Nc1ccccc1. The Balaban J connectivity index is 0.000000199. The zero-order valence-corrected chi connectivity index (χ0v) is 10.6. The van der Waals surface area contributed by atoms with Gasteiger partial charge in [-0.3, -0.25) is 14.3 Å². The molecule has 18 heavy (non-hydrogen) atoms. The van der Waals surface area contributed by atoms with Crippen molar-refractivity contribution in [1.82, 2.24) is 4.98 Å². The molecule has 1 aromatic heterocycles. The normalized spacial score (nSPS) is 10.1. The average molecular weight is 266 g/mol. The minimum Gasteiger partial charge on any atom is -0.269 e. The van der Waals surface area contributed by atoms with Gasteiger partial charge in [0.25, 0.3) is 0 Å². The van der Waals surface area contributed by atoms with E-state index in [1.54, 1.807) is 24.4 Å². The predicted octanol–water partition coefficient (Wildman–Crippen LogP) is 2.29. The Morgan fingerprint density at radius 2 is 1.67 bits per heavy atom. The molecule has 0 unspecified atom stereocenters. The van der Waals surface area contributed by atoms with E-state index in [1.807, 2.05) is 29.8 Å². The Bertz CT molecular complexity index is 556. The lowest BCUT2D eigenvalue weighted by molar-refractivity contribution is 0.490. The molecule has 2 N–H and O–H groups in total. The zero-order chi connectivity index (χ0) is 13.4. The van der Waals surface area contributed by atoms with Crippen LogP contribution in [0.15, 0.2) is 54.7 Å². The number of nitrogens with zero attached hydrogens (tertiary/aromatic N) is 1. The molecule has 0 atom stereocenters. The summed E-state index contributed by atoms with van der Waals surface area (Å²) in [6.45, 7) is 1.97. The van der Waals surface area contributed by atoms with E-state index < -0.39 is 10.3 Å². The fraction of sp³-hybridized carbons (Fsp3) is 0.0833. The van der Waals surface area contributed by atoms with Gasteiger partial charge in [-0.2, -0.15) is 8.42 Å². The third kappa shape index (κ3) is 6.62. The summed E-state index contributed by atoms with van der Waals surface area (Å²) in [7, 11) is -4.13. The van der Waals surface area contributed by atoms with Crippen LogP contribution in [0.4, 0.5) is 5.69 Å². The smallest absolute Gasteiger partial charge is 0.269 e. The lowest BCUT2D eigenvalue weighted by Gasteiger charge is -1.99. The fourth-order valence-electron chi connectivity index (χ4n) is 1.10. The van der Waals surface area contributed by atoms with Crippen molar-refractivity contribution in [3.63, 3.8) is 0 Å². The molecule has 0 spiro atoms. The maximum atomic E-state index is 10.2. The monoisotopic (exact) mass is 266 g/mol. The summed E-state index contributed by atoms with van der Waals surface area (Å²) in [5.74, 6) is 0. The van der Waals surface area contributed by atoms with Gasteiger partial charge in [0.1, 0.15) is 0 Å². The van der Waals surface area contributed by atoms with Gasteiger partial charge in [-0.05, 0) is 31.2 Å². The van der Waals surface area contributed by atoms with Crippen molar-refractivity contribution in [1.29, 1.82) is 0 Å². The molecule has 0 aliphatic heterocycles. The Hall–Kier alpha value is -1.92. The van der Waals surface area contributed by atoms with Crippen LogP contribution in [-0.4, -0.2) is 18.0 Å². The number of aryl methyl sites for hydroxylation is 1. The van der Waals surface area contributed by atoms with Crippen LogP contribution < -0.4 is 4.72 Å². The molecule has 0 radical (unpaired) electrons. The second-order valence-electron chi connectivity index (χ2n) is 3.41. The van der Waals surface area contributed by atoms with Gasteiger partial charge in [-0.1, -0.05) is 24.3 Å². The van der Waals surface area contributed by atoms with Crippen molar-refractivity contribution < 1.29 is 13.0 Å². The van der Waals surface area contributed by atoms with Crippen LogP contribution >= 0.6 is 0 Å². The standard InChI is InChI=1S/C6H7NO3S.C6H7N/c8-11(9,10)7-6-4-2-1-3-5-6;1-6-4-2-3-5-7-6/h1-5,7H,(H,8,9,10);2-5H,1H3. The number of hydrogen-bond donors (Lipinski definition) is 2. The number of pyridine rings is 1. The van der Waals surface area contributed by atoms with Crippen molar-refractivity contribution >= 4 is 16.0 Å². The van der Waals surface area contributed by atoms with Crippen LogP contribution in [0.2, 0.25) is 0 Å². The molecule has 0 saturated heterocycles. The van der Waals surface area contributed by atoms with Crippen LogP contribution in [0.3, 0.4) is 0 Å². The van der Waals surface area contributed by atoms with Gasteiger partial charge in [0, 0.05) is 11.9 Å². The molecular formula is C12H14N2O3S. The first-order valence-corrected chi connectivity index (χ1v) is 6.59. The highest BCUT2D eigenvalue weighted by Crippen LogP contribution is 2.05. The molecule has 0 amide bonds. The van der Waals surface area contributed by atoms with Gasteiger partial charge in [0.15, 0.2) is 0 Å². The summed E-state index contributed by atoms with van der Waals surface area (Å²) < 4.78 is 30.7. The first-order valence-electron chi connectivity index (χ1n) is 5.15. The predicted molar refractivity (Wildman–Crippen MR) is 70.6 cm³/mol. The highest BCUT2D eigenvalue weighted by molar-refractivity contribution is 7.87. The summed E-state index contributed by atoms with van der Waals surface area (Å²) in [5, 5.41) is 0. The summed E-state index contributed by atoms with van der Waals surface area (Å²) in [5.41, 5.74) is 1.41. The number of hydrogen-bond acceptors (Lipinski definition) is 3. The molecular weight excluding hydrogens is 252 g/mol. The van der Waals surface area contributed by atoms with Gasteiger partial charge < -0.3 is 0 Å². The summed E-state index contributed by atoms with van der Waals surface area (Å²) in [6.07, 6.45) is 1.79. The van der Waals surface area contributed by atoms with Gasteiger partial charge >= 0.3 is 10.3 Å². The first-order chi connectivity index (χ1) is 8.47. The highest BCUT2D eigenvalue weighted by Gasteiger charge is 2.00. The van der Waals surface area contributed by atoms with E-state index in [9.17, 15) is 8.42 Å². The summed E-state index contributed by atoms with van der Waals surface area (Å²) in [6, 6.07) is 14.0. The van der Waals surface area contributed by atoms with Crippen molar-refractivity contribution in [3.8, 4) is 0 Å². The van der Waals surface area contributed by atoms with E-state index in [0.29, 0.717) is 5.69 Å². The molecule has 1 heterocycles. The second kappa shape index (κ2) is 6.73. The van der Waals surface area contributed by atoms with Gasteiger partial charge in [-0.15, -0.1) is 0 Å². The molecule has 0 fully saturated rings. The lowest BCUT2D eigenvalue weighted by Crippen LogP contribution is -2.09. The Labute approximate surface area is 106 Å². The minimum absolute atomic E-state index is 0.343. The molecule has 2 rings (SSSR count). The number of para-hydroxylation sites is 1. The largest absolute Gasteiger partial charge is 0.357 e. The third-order valence-electron chi connectivity index (χ3n) is 1.83. The number of nitrogens with one attached hydrogen (secondary N) is 1. The van der Waals surface area contributed by atoms with E-state index in [1.165, 1.54) is 12.1 Å². The Morgan fingerprint density at radius 1 is 1.06 bits per heavy atom. The molecule has 5 nitrogen and oxygen atoms in total. The van der Waals surface area contributed by atoms with E-state index in [-0.39, 0.29) is 0 Å². The van der Waals surface area contributed by atoms with E-state index in [4.69, 9.17) is 4.55 Å². The second-order valence-corrected chi connectivity index (χ2v) is 4.57. The number of benzene rings is 1. The number of anilines is 1. The molecule has 0 aliphatic rings. The lowest BCUT2D eigenvalue weighted by atomic mass is 10.3. The van der Waals surface area contributed by atoms with E-state index in [2.05, 4.69) is 4.98 Å². The molecule has 2 aromatic rings. The number of rotatable bonds is 2. The third-order valence-corrected chi connectivity index (χ3v) is 2.33. The molecule has 0 aliphatic carbocycles.